The van der Waals surface area contributed by atoms with Crippen molar-refractivity contribution in [3.63, 3.8) is 0 Å². The van der Waals surface area contributed by atoms with Crippen LogP contribution in [0.25, 0.3) is 21.1 Å². The normalized spacial score (nSPS) is 16.9. The van der Waals surface area contributed by atoms with Gasteiger partial charge in [-0.05, 0) is 76.9 Å². The van der Waals surface area contributed by atoms with Crippen LogP contribution in [0.1, 0.15) is 39.7 Å². The smallest absolute Gasteiger partial charge is 0.165 e. The topological polar surface area (TPSA) is 47.5 Å². The van der Waals surface area contributed by atoms with Crippen molar-refractivity contribution in [2.45, 2.75) is 52.7 Å². The molecule has 0 spiro atoms. The first-order valence-corrected chi connectivity index (χ1v) is 13.4. The molecule has 5 nitrogen and oxygen atoms in total. The molecule has 1 atom stereocenters. The molecule has 8 heteroatoms. The summed E-state index contributed by atoms with van der Waals surface area (Å²) < 4.78 is 26.5. The molecule has 1 aliphatic heterocycles. The molecule has 1 saturated heterocycles. The molecule has 0 radical (unpaired) electrons. The standard InChI is InChI=1S/C28H33ClFN3O2S/c1-7-10-33(17(2)3)24-9-8-20(12-22(24)29)26-31-32-27(36-26)21-13-23(30)25(11-18(21)4)34-15-19-14-28(5,6)35-16-19/h7-9,11-13,17,19H,1,10,14-16H2,2-6H3. The number of hydrogen-bond donors (Lipinski definition) is 0. The number of aromatic nitrogens is 2. The Hall–Kier alpha value is -2.48. The summed E-state index contributed by atoms with van der Waals surface area (Å²) in [4.78, 5) is 2.18. The zero-order valence-corrected chi connectivity index (χ0v) is 23.0. The van der Waals surface area contributed by atoms with Crippen LogP contribution in [-0.4, -0.2) is 41.6 Å². The van der Waals surface area contributed by atoms with Crippen LogP contribution in [0.15, 0.2) is 43.0 Å². The van der Waals surface area contributed by atoms with Crippen molar-refractivity contribution in [2.75, 3.05) is 24.7 Å². The van der Waals surface area contributed by atoms with Gasteiger partial charge in [0.15, 0.2) is 11.6 Å². The maximum atomic E-state index is 14.9. The molecule has 0 N–H and O–H groups in total. The van der Waals surface area contributed by atoms with E-state index in [1.807, 2.05) is 31.2 Å². The maximum absolute atomic E-state index is 14.9. The molecule has 36 heavy (non-hydrogen) atoms. The van der Waals surface area contributed by atoms with Crippen LogP contribution >= 0.6 is 22.9 Å². The van der Waals surface area contributed by atoms with Gasteiger partial charge in [-0.2, -0.15) is 0 Å². The van der Waals surface area contributed by atoms with Gasteiger partial charge in [-0.25, -0.2) is 4.39 Å². The molecule has 1 aromatic heterocycles. The molecule has 1 fully saturated rings. The molecule has 4 rings (SSSR count). The second-order valence-corrected chi connectivity index (χ2v) is 11.5. The molecule has 0 bridgehead atoms. The summed E-state index contributed by atoms with van der Waals surface area (Å²) in [6, 6.07) is 9.38. The number of anilines is 1. The number of hydrogen-bond acceptors (Lipinski definition) is 6. The highest BCUT2D eigenvalue weighted by molar-refractivity contribution is 7.17. The van der Waals surface area contributed by atoms with Gasteiger partial charge in [-0.15, -0.1) is 16.8 Å². The third kappa shape index (κ3) is 5.90. The van der Waals surface area contributed by atoms with Crippen molar-refractivity contribution in [2.24, 2.45) is 5.92 Å². The number of aryl methyl sites for hydroxylation is 1. The lowest BCUT2D eigenvalue weighted by molar-refractivity contribution is 0.0340. The first-order valence-electron chi connectivity index (χ1n) is 12.2. The Balaban J connectivity index is 1.51. The SMILES string of the molecule is C=CCN(c1ccc(-c2nnc(-c3cc(F)c(OCC4COC(C)(C)C4)cc3C)s2)cc1Cl)C(C)C. The van der Waals surface area contributed by atoms with E-state index in [0.29, 0.717) is 35.4 Å². The monoisotopic (exact) mass is 529 g/mol. The van der Waals surface area contributed by atoms with Crippen molar-refractivity contribution in [1.82, 2.24) is 10.2 Å². The van der Waals surface area contributed by atoms with Crippen LogP contribution in [0.5, 0.6) is 5.75 Å². The minimum Gasteiger partial charge on any atom is -0.490 e. The van der Waals surface area contributed by atoms with Crippen LogP contribution in [0.2, 0.25) is 5.02 Å². The number of rotatable bonds is 9. The lowest BCUT2D eigenvalue weighted by atomic mass is 9.99. The molecule has 2 heterocycles. The number of benzene rings is 2. The van der Waals surface area contributed by atoms with E-state index in [4.69, 9.17) is 21.1 Å². The Morgan fingerprint density at radius 1 is 1.28 bits per heavy atom. The summed E-state index contributed by atoms with van der Waals surface area (Å²) in [5.74, 6) is 0.101. The van der Waals surface area contributed by atoms with E-state index in [-0.39, 0.29) is 23.3 Å². The molecule has 2 aromatic carbocycles. The van der Waals surface area contributed by atoms with Gasteiger partial charge in [-0.3, -0.25) is 0 Å². The lowest BCUT2D eigenvalue weighted by Crippen LogP contribution is -2.30. The zero-order chi connectivity index (χ0) is 26.0. The van der Waals surface area contributed by atoms with Crippen molar-refractivity contribution in [3.05, 3.63) is 59.4 Å². The minimum atomic E-state index is -0.408. The molecular formula is C28H33ClFN3O2S. The number of nitrogens with zero attached hydrogens (tertiary/aromatic N) is 3. The second kappa shape index (κ2) is 10.9. The molecular weight excluding hydrogens is 497 g/mol. The lowest BCUT2D eigenvalue weighted by Gasteiger charge is -2.28. The Kier molecular flexibility index (Phi) is 8.03. The van der Waals surface area contributed by atoms with Crippen molar-refractivity contribution in [1.29, 1.82) is 0 Å². The van der Waals surface area contributed by atoms with Crippen molar-refractivity contribution < 1.29 is 13.9 Å². The van der Waals surface area contributed by atoms with E-state index in [1.54, 1.807) is 6.07 Å². The largest absolute Gasteiger partial charge is 0.490 e. The van der Waals surface area contributed by atoms with Crippen LogP contribution in [0, 0.1) is 18.7 Å². The van der Waals surface area contributed by atoms with E-state index >= 15 is 0 Å². The van der Waals surface area contributed by atoms with E-state index in [0.717, 1.165) is 28.2 Å². The van der Waals surface area contributed by atoms with Crippen LogP contribution in [0.3, 0.4) is 0 Å². The molecule has 0 aliphatic carbocycles. The Bertz CT molecular complexity index is 1240. The highest BCUT2D eigenvalue weighted by Crippen LogP contribution is 2.37. The average molecular weight is 530 g/mol. The average Bonchev–Trinajstić information content (AvgIpc) is 3.44. The summed E-state index contributed by atoms with van der Waals surface area (Å²) >= 11 is 8.05. The van der Waals surface area contributed by atoms with Gasteiger partial charge in [0.25, 0.3) is 0 Å². The summed E-state index contributed by atoms with van der Waals surface area (Å²) in [6.45, 7) is 15.9. The van der Waals surface area contributed by atoms with Gasteiger partial charge in [-0.1, -0.05) is 29.0 Å². The molecule has 1 unspecified atom stereocenters. The Labute approximate surface area is 221 Å². The summed E-state index contributed by atoms with van der Waals surface area (Å²) in [5.41, 5.74) is 3.25. The van der Waals surface area contributed by atoms with Crippen LogP contribution in [-0.2, 0) is 4.74 Å². The Morgan fingerprint density at radius 2 is 2.03 bits per heavy atom. The summed E-state index contributed by atoms with van der Waals surface area (Å²) in [6.07, 6.45) is 2.76. The highest BCUT2D eigenvalue weighted by Gasteiger charge is 2.32. The fraction of sp³-hybridized carbons (Fsp3) is 0.429. The molecule has 192 valence electrons. The van der Waals surface area contributed by atoms with Crippen LogP contribution in [0.4, 0.5) is 10.1 Å². The predicted octanol–water partition coefficient (Wildman–Crippen LogP) is 7.57. The Morgan fingerprint density at radius 3 is 2.67 bits per heavy atom. The quantitative estimate of drug-likeness (QED) is 0.267. The van der Waals surface area contributed by atoms with Crippen LogP contribution < -0.4 is 9.64 Å². The summed E-state index contributed by atoms with van der Waals surface area (Å²) in [7, 11) is 0. The van der Waals surface area contributed by atoms with Gasteiger partial charge in [0.2, 0.25) is 0 Å². The third-order valence-corrected chi connectivity index (χ3v) is 7.66. The fourth-order valence-electron chi connectivity index (χ4n) is 4.52. The third-order valence-electron chi connectivity index (χ3n) is 6.35. The van der Waals surface area contributed by atoms with Gasteiger partial charge >= 0.3 is 0 Å². The first-order chi connectivity index (χ1) is 17.1. The van der Waals surface area contributed by atoms with E-state index in [1.165, 1.54) is 17.4 Å². The summed E-state index contributed by atoms with van der Waals surface area (Å²) in [5, 5.41) is 10.7. The van der Waals surface area contributed by atoms with Gasteiger partial charge in [0.05, 0.1) is 29.5 Å². The highest BCUT2D eigenvalue weighted by atomic mass is 35.5. The fourth-order valence-corrected chi connectivity index (χ4v) is 5.73. The first kappa shape index (κ1) is 26.6. The van der Waals surface area contributed by atoms with E-state index < -0.39 is 5.82 Å². The number of ether oxygens (including phenoxy) is 2. The van der Waals surface area contributed by atoms with Gasteiger partial charge in [0, 0.05) is 29.6 Å². The molecule has 0 amide bonds. The minimum absolute atomic E-state index is 0.147. The number of halogens is 2. The zero-order valence-electron chi connectivity index (χ0n) is 21.5. The van der Waals surface area contributed by atoms with Crippen molar-refractivity contribution in [3.8, 4) is 26.9 Å². The predicted molar refractivity (Wildman–Crippen MR) is 147 cm³/mol. The molecule has 0 saturated carbocycles. The maximum Gasteiger partial charge on any atom is 0.165 e. The van der Waals surface area contributed by atoms with E-state index in [2.05, 4.69) is 49.4 Å². The van der Waals surface area contributed by atoms with Gasteiger partial charge < -0.3 is 14.4 Å². The molecule has 3 aromatic rings. The molecule has 1 aliphatic rings. The van der Waals surface area contributed by atoms with Gasteiger partial charge in [0.1, 0.15) is 10.0 Å². The second-order valence-electron chi connectivity index (χ2n) is 10.2. The van der Waals surface area contributed by atoms with E-state index in [9.17, 15) is 4.39 Å². The van der Waals surface area contributed by atoms with Crippen molar-refractivity contribution >= 4 is 28.6 Å².